The normalized spacial score (nSPS) is 17.6. The van der Waals surface area contributed by atoms with Crippen LogP contribution in [0.15, 0.2) is 12.4 Å². The van der Waals surface area contributed by atoms with E-state index in [0.717, 1.165) is 28.9 Å². The van der Waals surface area contributed by atoms with Crippen LogP contribution in [0, 0.1) is 6.92 Å². The number of nitrogens with one attached hydrogen (secondary N) is 1. The summed E-state index contributed by atoms with van der Waals surface area (Å²) in [5, 5.41) is 4.57. The van der Waals surface area contributed by atoms with Gasteiger partial charge < -0.3 is 5.32 Å². The van der Waals surface area contributed by atoms with E-state index < -0.39 is 0 Å². The second-order valence-electron chi connectivity index (χ2n) is 4.34. The molecule has 84 valence electrons. The predicted octanol–water partition coefficient (Wildman–Crippen LogP) is 3.18. The zero-order valence-electron chi connectivity index (χ0n) is 8.96. The van der Waals surface area contributed by atoms with E-state index in [0.29, 0.717) is 5.88 Å². The summed E-state index contributed by atoms with van der Waals surface area (Å²) in [6, 6.07) is 2.13. The van der Waals surface area contributed by atoms with E-state index in [1.165, 1.54) is 4.88 Å². The first kappa shape index (κ1) is 10.3. The maximum atomic E-state index is 5.96. The summed E-state index contributed by atoms with van der Waals surface area (Å²) in [6.45, 7) is 2.09. The molecule has 1 aliphatic carbocycles. The van der Waals surface area contributed by atoms with Gasteiger partial charge in [0.05, 0.1) is 10.9 Å². The molecule has 0 saturated heterocycles. The molecule has 5 heteroatoms. The van der Waals surface area contributed by atoms with Gasteiger partial charge in [-0.05, 0) is 25.8 Å². The van der Waals surface area contributed by atoms with Crippen LogP contribution < -0.4 is 5.32 Å². The third kappa shape index (κ3) is 1.66. The lowest BCUT2D eigenvalue weighted by atomic mass is 10.3. The molecule has 2 aromatic heterocycles. The lowest BCUT2D eigenvalue weighted by Crippen LogP contribution is -2.23. The first-order valence-corrected chi connectivity index (χ1v) is 6.63. The highest BCUT2D eigenvalue weighted by Crippen LogP contribution is 2.41. The summed E-state index contributed by atoms with van der Waals surface area (Å²) in [7, 11) is 0. The van der Waals surface area contributed by atoms with Gasteiger partial charge in [0.1, 0.15) is 17.0 Å². The van der Waals surface area contributed by atoms with Gasteiger partial charge in [0, 0.05) is 10.8 Å². The van der Waals surface area contributed by atoms with Gasteiger partial charge in [-0.1, -0.05) is 0 Å². The quantitative estimate of drug-likeness (QED) is 0.854. The number of hydrogen-bond acceptors (Lipinski definition) is 4. The molecule has 0 amide bonds. The predicted molar refractivity (Wildman–Crippen MR) is 68.5 cm³/mol. The molecule has 1 fully saturated rings. The van der Waals surface area contributed by atoms with Crippen molar-refractivity contribution in [1.82, 2.24) is 9.97 Å². The molecule has 0 atom stereocenters. The smallest absolute Gasteiger partial charge is 0.138 e. The maximum Gasteiger partial charge on any atom is 0.138 e. The van der Waals surface area contributed by atoms with E-state index in [9.17, 15) is 0 Å². The van der Waals surface area contributed by atoms with Crippen molar-refractivity contribution in [3.63, 3.8) is 0 Å². The Morgan fingerprint density at radius 2 is 2.31 bits per heavy atom. The Bertz CT molecular complexity index is 533. The van der Waals surface area contributed by atoms with Crippen LogP contribution in [-0.4, -0.2) is 21.4 Å². The number of hydrogen-bond donors (Lipinski definition) is 1. The van der Waals surface area contributed by atoms with Crippen molar-refractivity contribution in [1.29, 1.82) is 0 Å². The van der Waals surface area contributed by atoms with Crippen LogP contribution in [0.4, 0.5) is 5.82 Å². The fourth-order valence-corrected chi connectivity index (χ4v) is 2.95. The summed E-state index contributed by atoms with van der Waals surface area (Å²) >= 11 is 7.65. The minimum Gasteiger partial charge on any atom is -0.363 e. The highest BCUT2D eigenvalue weighted by atomic mass is 35.5. The minimum atomic E-state index is 0.0820. The number of nitrogens with zero attached hydrogens (tertiary/aromatic N) is 2. The van der Waals surface area contributed by atoms with Crippen LogP contribution in [0.25, 0.3) is 10.2 Å². The second kappa shape index (κ2) is 3.57. The average molecular weight is 254 g/mol. The first-order valence-electron chi connectivity index (χ1n) is 5.28. The maximum absolute atomic E-state index is 5.96. The Morgan fingerprint density at radius 3 is 3.00 bits per heavy atom. The molecule has 1 N–H and O–H groups in total. The van der Waals surface area contributed by atoms with Crippen LogP contribution >= 0.6 is 22.9 Å². The minimum absolute atomic E-state index is 0.0820. The van der Waals surface area contributed by atoms with Crippen LogP contribution in [0.1, 0.15) is 17.7 Å². The lowest BCUT2D eigenvalue weighted by Gasteiger charge is -2.14. The lowest BCUT2D eigenvalue weighted by molar-refractivity contribution is 0.831. The summed E-state index contributed by atoms with van der Waals surface area (Å²) in [4.78, 5) is 10.9. The standard InChI is InChI=1S/C11H12ClN3S/c1-7-4-8-9(13-6-14-10(8)16-7)15-11(5-12)2-3-11/h4,6H,2-3,5H2,1H3,(H,13,14,15). The highest BCUT2D eigenvalue weighted by Gasteiger charge is 2.42. The van der Waals surface area contributed by atoms with Crippen LogP contribution in [0.5, 0.6) is 0 Å². The van der Waals surface area contributed by atoms with Gasteiger partial charge in [-0.25, -0.2) is 9.97 Å². The molecule has 0 aromatic carbocycles. The molecule has 1 saturated carbocycles. The highest BCUT2D eigenvalue weighted by molar-refractivity contribution is 7.18. The molecule has 0 unspecified atom stereocenters. The van der Waals surface area contributed by atoms with Gasteiger partial charge in [0.2, 0.25) is 0 Å². The van der Waals surface area contributed by atoms with E-state index in [-0.39, 0.29) is 5.54 Å². The molecular weight excluding hydrogens is 242 g/mol. The Kier molecular flexibility index (Phi) is 2.30. The molecule has 0 aliphatic heterocycles. The number of alkyl halides is 1. The third-order valence-electron chi connectivity index (χ3n) is 2.95. The molecule has 1 aliphatic rings. The van der Waals surface area contributed by atoms with Crippen molar-refractivity contribution >= 4 is 39.0 Å². The number of aryl methyl sites for hydroxylation is 1. The molecule has 16 heavy (non-hydrogen) atoms. The Morgan fingerprint density at radius 1 is 1.50 bits per heavy atom. The number of fused-ring (bicyclic) bond motifs is 1. The van der Waals surface area contributed by atoms with Gasteiger partial charge in [-0.3, -0.25) is 0 Å². The largest absolute Gasteiger partial charge is 0.363 e. The summed E-state index contributed by atoms with van der Waals surface area (Å²) in [6.07, 6.45) is 3.88. The van der Waals surface area contributed by atoms with Crippen LogP contribution in [0.2, 0.25) is 0 Å². The average Bonchev–Trinajstić information content (AvgIpc) is 2.93. The monoisotopic (exact) mass is 253 g/mol. The van der Waals surface area contributed by atoms with Crippen molar-refractivity contribution in [2.75, 3.05) is 11.2 Å². The van der Waals surface area contributed by atoms with E-state index in [4.69, 9.17) is 11.6 Å². The van der Waals surface area contributed by atoms with Gasteiger partial charge >= 0.3 is 0 Å². The van der Waals surface area contributed by atoms with Crippen molar-refractivity contribution < 1.29 is 0 Å². The molecule has 3 rings (SSSR count). The van der Waals surface area contributed by atoms with E-state index >= 15 is 0 Å². The Balaban J connectivity index is 2.02. The summed E-state index contributed by atoms with van der Waals surface area (Å²) < 4.78 is 0. The second-order valence-corrected chi connectivity index (χ2v) is 5.84. The number of halogens is 1. The van der Waals surface area contributed by atoms with Gasteiger partial charge in [-0.15, -0.1) is 22.9 Å². The summed E-state index contributed by atoms with van der Waals surface area (Å²) in [5.74, 6) is 1.56. The SMILES string of the molecule is Cc1cc2c(NC3(CCl)CC3)ncnc2s1. The molecule has 3 nitrogen and oxygen atoms in total. The molecule has 2 heterocycles. The molecular formula is C11H12ClN3S. The van der Waals surface area contributed by atoms with Gasteiger partial charge in [0.15, 0.2) is 0 Å². The number of rotatable bonds is 3. The fraction of sp³-hybridized carbons (Fsp3) is 0.455. The number of anilines is 1. The molecule has 0 radical (unpaired) electrons. The number of aromatic nitrogens is 2. The molecule has 0 spiro atoms. The topological polar surface area (TPSA) is 37.8 Å². The van der Waals surface area contributed by atoms with Crippen molar-refractivity contribution in [2.45, 2.75) is 25.3 Å². The van der Waals surface area contributed by atoms with Crippen LogP contribution in [0.3, 0.4) is 0 Å². The molecule has 2 aromatic rings. The van der Waals surface area contributed by atoms with Gasteiger partial charge in [0.25, 0.3) is 0 Å². The zero-order valence-corrected chi connectivity index (χ0v) is 10.5. The fourth-order valence-electron chi connectivity index (χ4n) is 1.77. The third-order valence-corrected chi connectivity index (χ3v) is 4.42. The Hall–Kier alpha value is -0.870. The Labute approximate surface area is 103 Å². The molecule has 0 bridgehead atoms. The van der Waals surface area contributed by atoms with E-state index in [1.54, 1.807) is 17.7 Å². The van der Waals surface area contributed by atoms with Crippen LogP contribution in [-0.2, 0) is 0 Å². The van der Waals surface area contributed by atoms with Crippen molar-refractivity contribution in [2.24, 2.45) is 0 Å². The van der Waals surface area contributed by atoms with Crippen molar-refractivity contribution in [3.05, 3.63) is 17.3 Å². The first-order chi connectivity index (χ1) is 7.72. The van der Waals surface area contributed by atoms with E-state index in [2.05, 4.69) is 28.3 Å². The van der Waals surface area contributed by atoms with Gasteiger partial charge in [-0.2, -0.15) is 0 Å². The van der Waals surface area contributed by atoms with E-state index in [1.807, 2.05) is 0 Å². The zero-order chi connectivity index (χ0) is 11.2. The number of thiophene rings is 1. The van der Waals surface area contributed by atoms with Crippen molar-refractivity contribution in [3.8, 4) is 0 Å². The summed E-state index contributed by atoms with van der Waals surface area (Å²) in [5.41, 5.74) is 0.0820.